The van der Waals surface area contributed by atoms with Crippen molar-refractivity contribution in [1.82, 2.24) is 9.62 Å². The molecule has 33 heavy (non-hydrogen) atoms. The van der Waals surface area contributed by atoms with Gasteiger partial charge in [0.05, 0.1) is 11.3 Å². The lowest BCUT2D eigenvalue weighted by Crippen LogP contribution is -2.49. The Morgan fingerprint density at radius 2 is 1.79 bits per heavy atom. The second kappa shape index (κ2) is 9.06. The van der Waals surface area contributed by atoms with E-state index < -0.39 is 33.8 Å². The highest BCUT2D eigenvalue weighted by Gasteiger charge is 2.44. The Morgan fingerprint density at radius 3 is 2.42 bits per heavy atom. The zero-order valence-corrected chi connectivity index (χ0v) is 20.1. The predicted octanol–water partition coefficient (Wildman–Crippen LogP) is 4.50. The molecule has 0 bridgehead atoms. The van der Waals surface area contributed by atoms with Crippen LogP contribution in [0.3, 0.4) is 0 Å². The molecular formula is C25H31FN2O4S. The summed E-state index contributed by atoms with van der Waals surface area (Å²) < 4.78 is 49.2. The zero-order chi connectivity index (χ0) is 23.8. The summed E-state index contributed by atoms with van der Waals surface area (Å²) in [6.07, 6.45) is 1.42. The maximum absolute atomic E-state index is 15.5. The third kappa shape index (κ3) is 5.55. The number of amides is 1. The minimum absolute atomic E-state index is 0.184. The zero-order valence-electron chi connectivity index (χ0n) is 19.3. The molecule has 2 aromatic carbocycles. The lowest BCUT2D eigenvalue weighted by molar-refractivity contribution is 0.0218. The molecule has 1 aliphatic heterocycles. The van der Waals surface area contributed by atoms with E-state index in [-0.39, 0.29) is 17.5 Å². The maximum atomic E-state index is 15.5. The van der Waals surface area contributed by atoms with Crippen LogP contribution in [0.1, 0.15) is 45.6 Å². The van der Waals surface area contributed by atoms with Gasteiger partial charge in [-0.25, -0.2) is 22.3 Å². The van der Waals surface area contributed by atoms with Crippen LogP contribution < -0.4 is 4.72 Å². The molecule has 6 nitrogen and oxygen atoms in total. The molecule has 4 rings (SSSR count). The smallest absolute Gasteiger partial charge is 0.410 e. The van der Waals surface area contributed by atoms with Gasteiger partial charge >= 0.3 is 6.09 Å². The van der Waals surface area contributed by atoms with Gasteiger partial charge in [-0.05, 0) is 57.6 Å². The van der Waals surface area contributed by atoms with Crippen LogP contribution in [-0.4, -0.2) is 48.9 Å². The van der Waals surface area contributed by atoms with E-state index in [1.807, 2.05) is 30.3 Å². The lowest BCUT2D eigenvalue weighted by atomic mass is 9.96. The van der Waals surface area contributed by atoms with Gasteiger partial charge in [-0.3, -0.25) is 0 Å². The quantitative estimate of drug-likeness (QED) is 0.669. The Labute approximate surface area is 195 Å². The number of carbonyl (C=O) groups excluding carboxylic acids is 1. The lowest BCUT2D eigenvalue weighted by Gasteiger charge is -2.31. The number of rotatable bonds is 6. The van der Waals surface area contributed by atoms with Crippen LogP contribution in [0.2, 0.25) is 0 Å². The first-order chi connectivity index (χ1) is 15.5. The highest BCUT2D eigenvalue weighted by molar-refractivity contribution is 7.90. The molecule has 178 valence electrons. The maximum Gasteiger partial charge on any atom is 0.410 e. The number of carbonyl (C=O) groups is 1. The third-order valence-corrected chi connectivity index (χ3v) is 8.03. The molecule has 2 aliphatic rings. The van der Waals surface area contributed by atoms with Crippen molar-refractivity contribution in [3.05, 3.63) is 59.9 Å². The molecule has 0 spiro atoms. The van der Waals surface area contributed by atoms with Gasteiger partial charge in [-0.15, -0.1) is 0 Å². The molecule has 1 saturated carbocycles. The van der Waals surface area contributed by atoms with E-state index in [4.69, 9.17) is 4.74 Å². The van der Waals surface area contributed by atoms with Crippen LogP contribution in [0.5, 0.6) is 0 Å². The Balaban J connectivity index is 1.63. The molecule has 1 N–H and O–H groups in total. The summed E-state index contributed by atoms with van der Waals surface area (Å²) in [4.78, 5) is 14.5. The van der Waals surface area contributed by atoms with Gasteiger partial charge in [-0.1, -0.05) is 48.5 Å². The summed E-state index contributed by atoms with van der Waals surface area (Å²) in [5, 5.41) is -0.369. The van der Waals surface area contributed by atoms with E-state index in [1.54, 1.807) is 43.9 Å². The Kier molecular flexibility index (Phi) is 6.51. The number of halogens is 1. The van der Waals surface area contributed by atoms with Crippen LogP contribution in [0.25, 0.3) is 11.1 Å². The summed E-state index contributed by atoms with van der Waals surface area (Å²) in [5.41, 5.74) is 0.988. The minimum Gasteiger partial charge on any atom is -0.444 e. The largest absolute Gasteiger partial charge is 0.444 e. The number of nitrogens with zero attached hydrogens (tertiary/aromatic N) is 1. The number of ether oxygens (including phenoxy) is 1. The number of nitrogens with one attached hydrogen (secondary N) is 1. The number of likely N-dealkylation sites (tertiary alicyclic amines) is 1. The van der Waals surface area contributed by atoms with E-state index in [0.717, 1.165) is 5.56 Å². The minimum atomic E-state index is -3.46. The second-order valence-electron chi connectivity index (χ2n) is 9.85. The molecule has 1 amide bonds. The summed E-state index contributed by atoms with van der Waals surface area (Å²) in [6.45, 7) is 5.70. The van der Waals surface area contributed by atoms with Crippen molar-refractivity contribution in [2.75, 3.05) is 6.54 Å². The van der Waals surface area contributed by atoms with Gasteiger partial charge in [0.15, 0.2) is 0 Å². The highest BCUT2D eigenvalue weighted by atomic mass is 32.2. The SMILES string of the molecule is CC(C)(C)OC(=O)N1CC[C@H](NS(=O)(=O)C2CC2)[C@@H]1Cc1cccc(-c2ccccc2)c1F. The van der Waals surface area contributed by atoms with Crippen LogP contribution in [0.15, 0.2) is 48.5 Å². The molecular weight excluding hydrogens is 443 g/mol. The van der Waals surface area contributed by atoms with Crippen LogP contribution in [-0.2, 0) is 21.2 Å². The van der Waals surface area contributed by atoms with E-state index in [2.05, 4.69) is 4.72 Å². The van der Waals surface area contributed by atoms with Gasteiger partial charge < -0.3 is 9.64 Å². The van der Waals surface area contributed by atoms with Crippen molar-refractivity contribution in [3.63, 3.8) is 0 Å². The van der Waals surface area contributed by atoms with Crippen LogP contribution in [0.4, 0.5) is 9.18 Å². The summed E-state index contributed by atoms with van der Waals surface area (Å²) in [6, 6.07) is 13.4. The van der Waals surface area contributed by atoms with Crippen molar-refractivity contribution in [2.45, 2.75) is 69.4 Å². The fourth-order valence-electron chi connectivity index (χ4n) is 4.28. The standard InChI is InChI=1S/C25H31FN2O4S/c1-25(2,3)32-24(29)28-15-14-21(27-33(30,31)19-12-13-19)22(28)16-18-10-7-11-20(23(18)26)17-8-5-4-6-9-17/h4-11,19,21-22,27H,12-16H2,1-3H3/t21-,22-/m0/s1. The van der Waals surface area contributed by atoms with Crippen molar-refractivity contribution in [2.24, 2.45) is 0 Å². The first kappa shape index (κ1) is 23.7. The van der Waals surface area contributed by atoms with Crippen molar-refractivity contribution >= 4 is 16.1 Å². The van der Waals surface area contributed by atoms with Gasteiger partial charge in [0, 0.05) is 18.2 Å². The number of sulfonamides is 1. The molecule has 0 aromatic heterocycles. The molecule has 1 aliphatic carbocycles. The summed E-state index contributed by atoms with van der Waals surface area (Å²) >= 11 is 0. The van der Waals surface area contributed by atoms with E-state index >= 15 is 4.39 Å². The molecule has 0 radical (unpaired) electrons. The third-order valence-electron chi connectivity index (χ3n) is 6.05. The van der Waals surface area contributed by atoms with E-state index in [0.29, 0.717) is 36.9 Å². The monoisotopic (exact) mass is 474 g/mol. The van der Waals surface area contributed by atoms with Gasteiger partial charge in [0.1, 0.15) is 11.4 Å². The average molecular weight is 475 g/mol. The fraction of sp³-hybridized carbons (Fsp3) is 0.480. The molecule has 1 heterocycles. The van der Waals surface area contributed by atoms with E-state index in [9.17, 15) is 13.2 Å². The molecule has 8 heteroatoms. The Morgan fingerprint density at radius 1 is 1.09 bits per heavy atom. The highest BCUT2D eigenvalue weighted by Crippen LogP contribution is 2.32. The molecule has 2 fully saturated rings. The fourth-order valence-corrected chi connectivity index (χ4v) is 5.93. The Bertz CT molecular complexity index is 1110. The van der Waals surface area contributed by atoms with Crippen LogP contribution >= 0.6 is 0 Å². The first-order valence-corrected chi connectivity index (χ1v) is 12.9. The van der Waals surface area contributed by atoms with E-state index in [1.165, 1.54) is 0 Å². The molecule has 0 unspecified atom stereocenters. The number of hydrogen-bond acceptors (Lipinski definition) is 4. The average Bonchev–Trinajstić information content (AvgIpc) is 3.53. The normalized spacial score (nSPS) is 21.3. The van der Waals surface area contributed by atoms with Crippen molar-refractivity contribution in [1.29, 1.82) is 0 Å². The molecule has 2 aromatic rings. The van der Waals surface area contributed by atoms with Crippen LogP contribution in [0, 0.1) is 5.82 Å². The van der Waals surface area contributed by atoms with Gasteiger partial charge in [0.2, 0.25) is 10.0 Å². The van der Waals surface area contributed by atoms with Gasteiger partial charge in [0.25, 0.3) is 0 Å². The summed E-state index contributed by atoms with van der Waals surface area (Å²) in [7, 11) is -3.46. The van der Waals surface area contributed by atoms with Crippen molar-refractivity contribution < 1.29 is 22.3 Å². The Hall–Kier alpha value is -2.45. The predicted molar refractivity (Wildman–Crippen MR) is 126 cm³/mol. The topological polar surface area (TPSA) is 75.7 Å². The van der Waals surface area contributed by atoms with Crippen molar-refractivity contribution in [3.8, 4) is 11.1 Å². The number of benzene rings is 2. The molecule has 1 saturated heterocycles. The molecule has 2 atom stereocenters. The second-order valence-corrected chi connectivity index (χ2v) is 11.8. The number of hydrogen-bond donors (Lipinski definition) is 1. The first-order valence-electron chi connectivity index (χ1n) is 11.4. The van der Waals surface area contributed by atoms with Gasteiger partial charge in [-0.2, -0.15) is 0 Å². The summed E-state index contributed by atoms with van der Waals surface area (Å²) in [5.74, 6) is -0.358.